The van der Waals surface area contributed by atoms with E-state index in [4.69, 9.17) is 0 Å². The number of nitrogens with zero attached hydrogens (tertiary/aromatic N) is 3. The van der Waals surface area contributed by atoms with Crippen molar-refractivity contribution in [2.24, 2.45) is 10.2 Å². The lowest BCUT2D eigenvalue weighted by Crippen LogP contribution is -2.37. The van der Waals surface area contributed by atoms with Gasteiger partial charge in [0.15, 0.2) is 0 Å². The van der Waals surface area contributed by atoms with Crippen LogP contribution in [0.25, 0.3) is 0 Å². The number of carbonyl (C=O) groups is 1. The van der Waals surface area contributed by atoms with Crippen LogP contribution in [0.2, 0.25) is 0 Å². The van der Waals surface area contributed by atoms with E-state index in [9.17, 15) is 18.0 Å². The van der Waals surface area contributed by atoms with Crippen molar-refractivity contribution in [2.75, 3.05) is 18.4 Å². The number of aromatic nitrogens is 1. The van der Waals surface area contributed by atoms with Crippen molar-refractivity contribution < 1.29 is 18.0 Å². The number of hydrogen-bond acceptors (Lipinski definition) is 5. The second kappa shape index (κ2) is 4.68. The Kier molecular flexibility index (Phi) is 3.07. The summed E-state index contributed by atoms with van der Waals surface area (Å²) in [6.45, 7) is 0.599. The van der Waals surface area contributed by atoms with Crippen LogP contribution in [-0.2, 0) is 6.42 Å². The number of alkyl halides is 3. The van der Waals surface area contributed by atoms with E-state index in [2.05, 4.69) is 25.8 Å². The topological polar surface area (TPSA) is 78.7 Å². The SMILES string of the molecule is O=C(NCCC1(C(F)(F)F)N=N1)c1ccc2c(n1)NCC2. The molecule has 1 aromatic rings. The lowest BCUT2D eigenvalue weighted by Gasteiger charge is -2.14. The minimum atomic E-state index is -4.51. The number of pyridine rings is 1. The van der Waals surface area contributed by atoms with Crippen molar-refractivity contribution in [3.8, 4) is 0 Å². The Hall–Kier alpha value is -2.19. The maximum atomic E-state index is 12.6. The smallest absolute Gasteiger partial charge is 0.369 e. The first-order chi connectivity index (χ1) is 9.91. The van der Waals surface area contributed by atoms with Gasteiger partial charge in [-0.25, -0.2) is 4.98 Å². The van der Waals surface area contributed by atoms with Gasteiger partial charge in [-0.3, -0.25) is 4.79 Å². The summed E-state index contributed by atoms with van der Waals surface area (Å²) >= 11 is 0. The van der Waals surface area contributed by atoms with E-state index in [1.807, 2.05) is 0 Å². The molecule has 21 heavy (non-hydrogen) atoms. The molecule has 112 valence electrons. The predicted octanol–water partition coefficient (Wildman–Crippen LogP) is 1.89. The summed E-state index contributed by atoms with van der Waals surface area (Å²) in [5, 5.41) is 11.5. The first-order valence-electron chi connectivity index (χ1n) is 6.44. The largest absolute Gasteiger partial charge is 0.437 e. The van der Waals surface area contributed by atoms with Crippen LogP contribution in [0.1, 0.15) is 22.5 Å². The number of amides is 1. The lowest BCUT2D eigenvalue weighted by molar-refractivity contribution is -0.164. The molecule has 6 nitrogen and oxygen atoms in total. The van der Waals surface area contributed by atoms with Crippen LogP contribution in [0.3, 0.4) is 0 Å². The van der Waals surface area contributed by atoms with Gasteiger partial charge in [0, 0.05) is 19.5 Å². The third-order valence-electron chi connectivity index (χ3n) is 3.45. The molecule has 0 radical (unpaired) electrons. The molecule has 2 aliphatic rings. The quantitative estimate of drug-likeness (QED) is 0.891. The number of carbonyl (C=O) groups excluding carboxylic acids is 1. The zero-order chi connectivity index (χ0) is 15.1. The minimum absolute atomic E-state index is 0.169. The molecule has 0 saturated heterocycles. The molecule has 0 spiro atoms. The number of fused-ring (bicyclic) bond motifs is 1. The molecule has 0 bridgehead atoms. The fourth-order valence-electron chi connectivity index (χ4n) is 2.14. The Bertz CT molecular complexity index is 607. The molecule has 1 amide bonds. The standard InChI is InChI=1S/C12H12F3N5O/c13-12(14,15)11(19-20-11)4-6-17-10(21)8-2-1-7-3-5-16-9(7)18-8/h1-2H,3-6H2,(H,16,18)(H,17,21). The molecule has 3 rings (SSSR count). The molecule has 0 fully saturated rings. The van der Waals surface area contributed by atoms with Crippen molar-refractivity contribution in [3.05, 3.63) is 23.4 Å². The van der Waals surface area contributed by atoms with Crippen LogP contribution in [-0.4, -0.2) is 35.8 Å². The van der Waals surface area contributed by atoms with Gasteiger partial charge in [-0.2, -0.15) is 13.2 Å². The predicted molar refractivity (Wildman–Crippen MR) is 67.0 cm³/mol. The molecule has 0 aliphatic carbocycles. The van der Waals surface area contributed by atoms with Gasteiger partial charge in [-0.1, -0.05) is 6.07 Å². The molecule has 1 aromatic heterocycles. The normalized spacial score (nSPS) is 18.0. The highest BCUT2D eigenvalue weighted by Crippen LogP contribution is 2.46. The van der Waals surface area contributed by atoms with Crippen molar-refractivity contribution in [1.82, 2.24) is 10.3 Å². The molecular formula is C12H12F3N5O. The number of hydrogen-bond donors (Lipinski definition) is 2. The van der Waals surface area contributed by atoms with Crippen LogP contribution in [0, 0.1) is 0 Å². The summed E-state index contributed by atoms with van der Waals surface area (Å²) in [6.07, 6.45) is -4.06. The Labute approximate surface area is 117 Å². The molecule has 0 aromatic carbocycles. The molecule has 3 heterocycles. The molecule has 0 unspecified atom stereocenters. The molecule has 2 aliphatic heterocycles. The van der Waals surface area contributed by atoms with Crippen LogP contribution in [0.5, 0.6) is 0 Å². The molecule has 0 atom stereocenters. The van der Waals surface area contributed by atoms with Gasteiger partial charge in [0.25, 0.3) is 11.6 Å². The summed E-state index contributed by atoms with van der Waals surface area (Å²) in [4.78, 5) is 16.0. The molecule has 0 saturated carbocycles. The number of anilines is 1. The summed E-state index contributed by atoms with van der Waals surface area (Å²) in [7, 11) is 0. The highest BCUT2D eigenvalue weighted by molar-refractivity contribution is 5.92. The highest BCUT2D eigenvalue weighted by atomic mass is 19.4. The average Bonchev–Trinajstić information content (AvgIpc) is 3.08. The first kappa shape index (κ1) is 13.8. The average molecular weight is 299 g/mol. The Morgan fingerprint density at radius 2 is 2.14 bits per heavy atom. The Morgan fingerprint density at radius 1 is 1.38 bits per heavy atom. The molecule has 9 heteroatoms. The van der Waals surface area contributed by atoms with E-state index < -0.39 is 24.2 Å². The van der Waals surface area contributed by atoms with Crippen LogP contribution < -0.4 is 10.6 Å². The second-order valence-corrected chi connectivity index (χ2v) is 4.90. The summed E-state index contributed by atoms with van der Waals surface area (Å²) in [6, 6.07) is 3.35. The Morgan fingerprint density at radius 3 is 2.81 bits per heavy atom. The van der Waals surface area contributed by atoms with Crippen LogP contribution in [0.4, 0.5) is 19.0 Å². The van der Waals surface area contributed by atoms with Gasteiger partial charge in [0.1, 0.15) is 11.5 Å². The van der Waals surface area contributed by atoms with E-state index in [1.165, 1.54) is 0 Å². The maximum Gasteiger partial charge on any atom is 0.437 e. The summed E-state index contributed by atoms with van der Waals surface area (Å²) in [5.41, 5.74) is -1.13. The first-order valence-corrected chi connectivity index (χ1v) is 6.44. The van der Waals surface area contributed by atoms with Crippen molar-refractivity contribution in [2.45, 2.75) is 24.7 Å². The zero-order valence-corrected chi connectivity index (χ0v) is 10.9. The van der Waals surface area contributed by atoms with Gasteiger partial charge >= 0.3 is 6.18 Å². The van der Waals surface area contributed by atoms with Crippen molar-refractivity contribution in [3.63, 3.8) is 0 Å². The third-order valence-corrected chi connectivity index (χ3v) is 3.45. The minimum Gasteiger partial charge on any atom is -0.369 e. The Balaban J connectivity index is 1.55. The van der Waals surface area contributed by atoms with Crippen LogP contribution >= 0.6 is 0 Å². The summed E-state index contributed by atoms with van der Waals surface area (Å²) < 4.78 is 37.7. The number of halogens is 3. The fourth-order valence-corrected chi connectivity index (χ4v) is 2.14. The van der Waals surface area contributed by atoms with E-state index in [1.54, 1.807) is 12.1 Å². The van der Waals surface area contributed by atoms with Gasteiger partial charge in [-0.05, 0) is 18.1 Å². The van der Waals surface area contributed by atoms with E-state index in [0.29, 0.717) is 5.82 Å². The van der Waals surface area contributed by atoms with Crippen molar-refractivity contribution >= 4 is 11.7 Å². The lowest BCUT2D eigenvalue weighted by atomic mass is 10.1. The number of nitrogens with one attached hydrogen (secondary N) is 2. The van der Waals surface area contributed by atoms with E-state index >= 15 is 0 Å². The summed E-state index contributed by atoms with van der Waals surface area (Å²) in [5.74, 6) is 0.145. The maximum absolute atomic E-state index is 12.6. The zero-order valence-electron chi connectivity index (χ0n) is 10.9. The van der Waals surface area contributed by atoms with Gasteiger partial charge in [0.05, 0.1) is 0 Å². The molecular weight excluding hydrogens is 287 g/mol. The fraction of sp³-hybridized carbons (Fsp3) is 0.500. The second-order valence-electron chi connectivity index (χ2n) is 4.90. The van der Waals surface area contributed by atoms with E-state index in [-0.39, 0.29) is 12.2 Å². The van der Waals surface area contributed by atoms with E-state index in [0.717, 1.165) is 18.5 Å². The monoisotopic (exact) mass is 299 g/mol. The third kappa shape index (κ3) is 2.55. The van der Waals surface area contributed by atoms with Crippen molar-refractivity contribution in [1.29, 1.82) is 0 Å². The van der Waals surface area contributed by atoms with Gasteiger partial charge in [-0.15, -0.1) is 10.2 Å². The molecule has 2 N–H and O–H groups in total. The number of rotatable bonds is 4. The highest BCUT2D eigenvalue weighted by Gasteiger charge is 2.63. The van der Waals surface area contributed by atoms with Crippen LogP contribution in [0.15, 0.2) is 22.4 Å². The van der Waals surface area contributed by atoms with Gasteiger partial charge in [0.2, 0.25) is 0 Å². The van der Waals surface area contributed by atoms with Gasteiger partial charge < -0.3 is 10.6 Å².